The molecule has 0 atom stereocenters. The molecule has 0 unspecified atom stereocenters. The van der Waals surface area contributed by atoms with E-state index in [1.807, 2.05) is 0 Å². The summed E-state index contributed by atoms with van der Waals surface area (Å²) in [5, 5.41) is 10.2. The lowest BCUT2D eigenvalue weighted by molar-refractivity contribution is 1.18. The summed E-state index contributed by atoms with van der Waals surface area (Å²) in [6.45, 7) is 0. The van der Waals surface area contributed by atoms with Gasteiger partial charge in [0.2, 0.25) is 0 Å². The first kappa shape index (κ1) is 31.5. The number of para-hydroxylation sites is 2. The van der Waals surface area contributed by atoms with Gasteiger partial charge >= 0.3 is 0 Å². The fourth-order valence-corrected chi connectivity index (χ4v) is 10.1. The molecule has 10 aromatic carbocycles. The van der Waals surface area contributed by atoms with Crippen molar-refractivity contribution in [2.75, 3.05) is 0 Å². The summed E-state index contributed by atoms with van der Waals surface area (Å²) in [4.78, 5) is 0. The van der Waals surface area contributed by atoms with Crippen LogP contribution in [0.25, 0.3) is 121 Å². The Labute approximate surface area is 335 Å². The summed E-state index contributed by atoms with van der Waals surface area (Å²) in [5.74, 6) is 0. The van der Waals surface area contributed by atoms with Crippen LogP contribution in [0.3, 0.4) is 0 Å². The number of benzene rings is 10. The van der Waals surface area contributed by atoms with Gasteiger partial charge in [0.15, 0.2) is 0 Å². The van der Waals surface area contributed by atoms with E-state index in [1.54, 1.807) is 0 Å². The van der Waals surface area contributed by atoms with Gasteiger partial charge in [-0.2, -0.15) is 0 Å². The zero-order chi connectivity index (χ0) is 37.9. The van der Waals surface area contributed by atoms with Crippen molar-refractivity contribution in [2.24, 2.45) is 0 Å². The summed E-state index contributed by atoms with van der Waals surface area (Å²) in [5.41, 5.74) is 17.4. The minimum absolute atomic E-state index is 1.15. The number of hydrogen-bond donors (Lipinski definition) is 0. The second kappa shape index (κ2) is 11.9. The van der Waals surface area contributed by atoms with E-state index >= 15 is 0 Å². The lowest BCUT2D eigenvalue weighted by Gasteiger charge is -2.12. The molecule has 2 nitrogen and oxygen atoms in total. The molecule has 0 fully saturated rings. The minimum Gasteiger partial charge on any atom is -0.309 e. The number of aromatic nitrogens is 2. The van der Waals surface area contributed by atoms with Crippen molar-refractivity contribution in [2.45, 2.75) is 0 Å². The summed E-state index contributed by atoms with van der Waals surface area (Å²) in [7, 11) is 0. The molecule has 1 aliphatic rings. The molecule has 1 aliphatic carbocycles. The summed E-state index contributed by atoms with van der Waals surface area (Å²) < 4.78 is 4.87. The van der Waals surface area contributed by atoms with E-state index in [-0.39, 0.29) is 0 Å². The Kier molecular flexibility index (Phi) is 6.47. The van der Waals surface area contributed by atoms with Crippen LogP contribution in [0, 0.1) is 0 Å². The minimum atomic E-state index is 1.15. The maximum absolute atomic E-state index is 2.44. The molecule has 0 amide bonds. The summed E-state index contributed by atoms with van der Waals surface area (Å²) >= 11 is 0. The predicted octanol–water partition coefficient (Wildman–Crippen LogP) is 15.2. The molecular formula is C56H34N2. The van der Waals surface area contributed by atoms with Crippen LogP contribution >= 0.6 is 0 Å². The molecule has 0 radical (unpaired) electrons. The number of fused-ring (bicyclic) bond motifs is 11. The smallest absolute Gasteiger partial charge is 0.0619 e. The summed E-state index contributed by atoms with van der Waals surface area (Å²) in [6, 6.07) is 76.2. The number of rotatable bonds is 4. The second-order valence-corrected chi connectivity index (χ2v) is 15.7. The molecule has 0 N–H and O–H groups in total. The van der Waals surface area contributed by atoms with Gasteiger partial charge in [0.25, 0.3) is 0 Å². The van der Waals surface area contributed by atoms with Gasteiger partial charge in [0.1, 0.15) is 0 Å². The highest BCUT2D eigenvalue weighted by molar-refractivity contribution is 6.20. The molecule has 13 rings (SSSR count). The van der Waals surface area contributed by atoms with E-state index in [0.717, 1.165) is 5.69 Å². The van der Waals surface area contributed by atoms with Gasteiger partial charge in [-0.15, -0.1) is 0 Å². The third-order valence-corrected chi connectivity index (χ3v) is 12.7. The fourth-order valence-electron chi connectivity index (χ4n) is 10.1. The van der Waals surface area contributed by atoms with Gasteiger partial charge in [-0.3, -0.25) is 0 Å². The van der Waals surface area contributed by atoms with E-state index in [4.69, 9.17) is 0 Å². The zero-order valence-corrected chi connectivity index (χ0v) is 31.5. The van der Waals surface area contributed by atoms with Gasteiger partial charge in [-0.25, -0.2) is 0 Å². The largest absolute Gasteiger partial charge is 0.309 e. The van der Waals surface area contributed by atoms with E-state index in [1.165, 1.54) is 115 Å². The number of hydrogen-bond acceptors (Lipinski definition) is 0. The van der Waals surface area contributed by atoms with Crippen LogP contribution in [0.4, 0.5) is 0 Å². The van der Waals surface area contributed by atoms with E-state index in [9.17, 15) is 0 Å². The average Bonchev–Trinajstić information content (AvgIpc) is 3.93. The van der Waals surface area contributed by atoms with Gasteiger partial charge in [0, 0.05) is 38.3 Å². The highest BCUT2D eigenvalue weighted by Crippen LogP contribution is 2.49. The van der Waals surface area contributed by atoms with Gasteiger partial charge in [0.05, 0.1) is 22.1 Å². The Balaban J connectivity index is 0.964. The molecule has 2 heterocycles. The van der Waals surface area contributed by atoms with Crippen molar-refractivity contribution in [1.29, 1.82) is 0 Å². The van der Waals surface area contributed by atoms with Crippen LogP contribution in [-0.4, -0.2) is 9.13 Å². The van der Waals surface area contributed by atoms with Gasteiger partial charge in [-0.05, 0) is 109 Å². The third kappa shape index (κ3) is 4.37. The van der Waals surface area contributed by atoms with Crippen LogP contribution < -0.4 is 0 Å². The first-order chi connectivity index (χ1) is 28.8. The van der Waals surface area contributed by atoms with Gasteiger partial charge in [-0.1, -0.05) is 158 Å². The van der Waals surface area contributed by atoms with Crippen molar-refractivity contribution in [3.8, 4) is 55.9 Å². The first-order valence-electron chi connectivity index (χ1n) is 20.1. The monoisotopic (exact) mass is 734 g/mol. The molecule has 0 aliphatic heterocycles. The van der Waals surface area contributed by atoms with E-state index < -0.39 is 0 Å². The topological polar surface area (TPSA) is 9.86 Å². The Hall–Kier alpha value is -7.68. The Morgan fingerprint density at radius 2 is 0.845 bits per heavy atom. The maximum Gasteiger partial charge on any atom is 0.0619 e. The van der Waals surface area contributed by atoms with Crippen LogP contribution in [-0.2, 0) is 0 Å². The van der Waals surface area contributed by atoms with Crippen LogP contribution in [0.2, 0.25) is 0 Å². The van der Waals surface area contributed by atoms with Crippen molar-refractivity contribution in [1.82, 2.24) is 9.13 Å². The van der Waals surface area contributed by atoms with Crippen LogP contribution in [0.5, 0.6) is 0 Å². The molecule has 12 aromatic rings. The third-order valence-electron chi connectivity index (χ3n) is 12.7. The van der Waals surface area contributed by atoms with E-state index in [0.29, 0.717) is 0 Å². The lowest BCUT2D eigenvalue weighted by Crippen LogP contribution is -1.94. The molecular weight excluding hydrogens is 701 g/mol. The molecule has 58 heavy (non-hydrogen) atoms. The highest BCUT2D eigenvalue weighted by atomic mass is 15.0. The molecule has 0 bridgehead atoms. The maximum atomic E-state index is 2.44. The molecule has 2 heteroatoms. The average molecular weight is 735 g/mol. The van der Waals surface area contributed by atoms with Crippen molar-refractivity contribution >= 4 is 65.2 Å². The normalized spacial score (nSPS) is 12.1. The molecule has 268 valence electrons. The summed E-state index contributed by atoms with van der Waals surface area (Å²) in [6.07, 6.45) is 0. The molecule has 0 saturated heterocycles. The van der Waals surface area contributed by atoms with Crippen molar-refractivity contribution in [3.05, 3.63) is 206 Å². The Morgan fingerprint density at radius 1 is 0.259 bits per heavy atom. The zero-order valence-electron chi connectivity index (χ0n) is 31.5. The van der Waals surface area contributed by atoms with Crippen LogP contribution in [0.15, 0.2) is 206 Å². The SMILES string of the molecule is c1ccc(-n2c3ccc(-c4ccc5c6ccccc6n(-c6ccc(-c7ccc8c9c(cccc79)-c7ccccc7-8)cc6)c5c4)cc3c3ccc4ccccc4c32)cc1. The van der Waals surface area contributed by atoms with Gasteiger partial charge < -0.3 is 9.13 Å². The van der Waals surface area contributed by atoms with Crippen molar-refractivity contribution < 1.29 is 0 Å². The molecule has 0 spiro atoms. The van der Waals surface area contributed by atoms with E-state index in [2.05, 4.69) is 215 Å². The Morgan fingerprint density at radius 3 is 1.71 bits per heavy atom. The molecule has 0 saturated carbocycles. The predicted molar refractivity (Wildman–Crippen MR) is 245 cm³/mol. The Bertz CT molecular complexity index is 3630. The van der Waals surface area contributed by atoms with Crippen LogP contribution in [0.1, 0.15) is 0 Å². The van der Waals surface area contributed by atoms with Crippen molar-refractivity contribution in [3.63, 3.8) is 0 Å². The fraction of sp³-hybridized carbons (Fsp3) is 0. The quantitative estimate of drug-likeness (QED) is 0.170. The number of nitrogens with zero attached hydrogens (tertiary/aromatic N) is 2. The highest BCUT2D eigenvalue weighted by Gasteiger charge is 2.23. The lowest BCUT2D eigenvalue weighted by atomic mass is 9.94. The first-order valence-corrected chi connectivity index (χ1v) is 20.1. The molecule has 2 aromatic heterocycles. The standard InChI is InChI=1S/C56H34N2/c1-2-12-39(13-3-1)58-53-32-25-37(33-51(53)50-29-23-35-11-4-5-14-42(35)56(50)58)38-24-28-46-45-17-8-9-20-52(45)57(54(46)34-38)40-26-21-36(22-27-40)41-30-31-49-44-16-7-6-15-43(44)48-19-10-18-47(41)55(48)49/h1-34H. The second-order valence-electron chi connectivity index (χ2n) is 15.7.